The molecule has 1 saturated heterocycles. The van der Waals surface area contributed by atoms with E-state index in [0.29, 0.717) is 17.8 Å². The van der Waals surface area contributed by atoms with Crippen LogP contribution in [0.1, 0.15) is 19.3 Å². The van der Waals surface area contributed by atoms with Crippen LogP contribution in [0.15, 0.2) is 0 Å². The molecule has 4 atom stereocenters. The molecule has 0 bridgehead atoms. The van der Waals surface area contributed by atoms with E-state index in [-0.39, 0.29) is 12.7 Å². The molecule has 0 radical (unpaired) electrons. The summed E-state index contributed by atoms with van der Waals surface area (Å²) in [4.78, 5) is 2.32. The van der Waals surface area contributed by atoms with E-state index in [0.717, 1.165) is 32.4 Å². The molecule has 2 rings (SSSR count). The fourth-order valence-corrected chi connectivity index (χ4v) is 3.25. The first-order valence-electron chi connectivity index (χ1n) is 5.68. The third kappa shape index (κ3) is 1.95. The van der Waals surface area contributed by atoms with Crippen molar-refractivity contribution in [3.8, 4) is 0 Å². The Labute approximate surface area is 85.7 Å². The average molecular weight is 199 g/mol. The molecule has 82 valence electrons. The van der Waals surface area contributed by atoms with Crippen molar-refractivity contribution in [1.82, 2.24) is 4.90 Å². The smallest absolute Gasteiger partial charge is 0.0543 e. The van der Waals surface area contributed by atoms with Gasteiger partial charge in [0.15, 0.2) is 0 Å². The van der Waals surface area contributed by atoms with Crippen LogP contribution in [-0.4, -0.2) is 48.0 Å². The maximum Gasteiger partial charge on any atom is 0.0543 e. The van der Waals surface area contributed by atoms with Crippen LogP contribution < -0.4 is 0 Å². The van der Waals surface area contributed by atoms with Gasteiger partial charge in [-0.15, -0.1) is 0 Å². The normalized spacial score (nSPS) is 44.8. The third-order valence-corrected chi connectivity index (χ3v) is 3.95. The molecule has 14 heavy (non-hydrogen) atoms. The number of aliphatic hydroxyl groups is 2. The molecule has 0 amide bonds. The number of hydrogen-bond acceptors (Lipinski definition) is 3. The highest BCUT2D eigenvalue weighted by atomic mass is 16.3. The van der Waals surface area contributed by atoms with Gasteiger partial charge in [-0.05, 0) is 44.1 Å². The number of hydrogen-bond donors (Lipinski definition) is 2. The van der Waals surface area contributed by atoms with Crippen molar-refractivity contribution in [3.05, 3.63) is 0 Å². The molecule has 0 unspecified atom stereocenters. The molecule has 1 aliphatic heterocycles. The van der Waals surface area contributed by atoms with Crippen LogP contribution in [0.5, 0.6) is 0 Å². The summed E-state index contributed by atoms with van der Waals surface area (Å²) in [5.74, 6) is 1.64. The Balaban J connectivity index is 2.04. The zero-order valence-corrected chi connectivity index (χ0v) is 8.89. The van der Waals surface area contributed by atoms with E-state index in [2.05, 4.69) is 11.9 Å². The first-order chi connectivity index (χ1) is 6.70. The summed E-state index contributed by atoms with van der Waals surface area (Å²) in [5.41, 5.74) is 0. The number of likely N-dealkylation sites (tertiary alicyclic amines) is 1. The number of aliphatic hydroxyl groups excluding tert-OH is 2. The van der Waals surface area contributed by atoms with Gasteiger partial charge in [0.25, 0.3) is 0 Å². The first kappa shape index (κ1) is 10.4. The maximum absolute atomic E-state index is 9.63. The Morgan fingerprint density at radius 3 is 2.79 bits per heavy atom. The number of nitrogens with zero attached hydrogens (tertiary/aromatic N) is 1. The quantitative estimate of drug-likeness (QED) is 0.639. The predicted octanol–water partition coefficient (Wildman–Crippen LogP) is 0.317. The highest BCUT2D eigenvalue weighted by molar-refractivity contribution is 4.90. The van der Waals surface area contributed by atoms with E-state index in [1.54, 1.807) is 0 Å². The third-order valence-electron chi connectivity index (χ3n) is 3.95. The molecule has 0 aromatic heterocycles. The van der Waals surface area contributed by atoms with Crippen molar-refractivity contribution in [1.29, 1.82) is 0 Å². The molecule has 1 aliphatic carbocycles. The van der Waals surface area contributed by atoms with Crippen molar-refractivity contribution in [2.24, 2.45) is 17.8 Å². The SMILES string of the molecule is CN1C[C@@H](CO)[C@H]2C[C@@H](O)CC[C@H]2C1. The molecule has 3 heteroatoms. The van der Waals surface area contributed by atoms with E-state index in [4.69, 9.17) is 0 Å². The summed E-state index contributed by atoms with van der Waals surface area (Å²) in [5, 5.41) is 19.0. The lowest BCUT2D eigenvalue weighted by Gasteiger charge is -2.45. The Morgan fingerprint density at radius 2 is 2.07 bits per heavy atom. The fourth-order valence-electron chi connectivity index (χ4n) is 3.25. The van der Waals surface area contributed by atoms with Gasteiger partial charge in [0.05, 0.1) is 6.10 Å². The molecule has 2 aliphatic rings. The molecular formula is C11H21NO2. The van der Waals surface area contributed by atoms with Gasteiger partial charge < -0.3 is 15.1 Å². The van der Waals surface area contributed by atoms with Gasteiger partial charge in [-0.3, -0.25) is 0 Å². The van der Waals surface area contributed by atoms with Crippen molar-refractivity contribution in [2.45, 2.75) is 25.4 Å². The second-order valence-corrected chi connectivity index (χ2v) is 5.05. The number of fused-ring (bicyclic) bond motifs is 1. The lowest BCUT2D eigenvalue weighted by molar-refractivity contribution is -0.0244. The summed E-state index contributed by atoms with van der Waals surface area (Å²) in [6.07, 6.45) is 2.87. The minimum absolute atomic E-state index is 0.117. The monoisotopic (exact) mass is 199 g/mol. The van der Waals surface area contributed by atoms with Gasteiger partial charge in [-0.1, -0.05) is 0 Å². The summed E-state index contributed by atoms with van der Waals surface area (Å²) in [6.45, 7) is 2.41. The average Bonchev–Trinajstić information content (AvgIpc) is 2.17. The molecule has 0 aromatic rings. The first-order valence-corrected chi connectivity index (χ1v) is 5.68. The summed E-state index contributed by atoms with van der Waals surface area (Å²) in [6, 6.07) is 0. The van der Waals surface area contributed by atoms with E-state index in [1.807, 2.05) is 0 Å². The molecule has 1 heterocycles. The van der Waals surface area contributed by atoms with Gasteiger partial charge in [0, 0.05) is 19.7 Å². The van der Waals surface area contributed by atoms with E-state index < -0.39 is 0 Å². The van der Waals surface area contributed by atoms with Gasteiger partial charge >= 0.3 is 0 Å². The highest BCUT2D eigenvalue weighted by Crippen LogP contribution is 2.38. The number of piperidine rings is 1. The molecule has 0 aromatic carbocycles. The van der Waals surface area contributed by atoms with Crippen molar-refractivity contribution in [2.75, 3.05) is 26.7 Å². The molecule has 2 fully saturated rings. The second-order valence-electron chi connectivity index (χ2n) is 5.05. The fraction of sp³-hybridized carbons (Fsp3) is 1.00. The predicted molar refractivity (Wildman–Crippen MR) is 54.9 cm³/mol. The van der Waals surface area contributed by atoms with Crippen LogP contribution >= 0.6 is 0 Å². The van der Waals surface area contributed by atoms with Crippen LogP contribution in [0.3, 0.4) is 0 Å². The van der Waals surface area contributed by atoms with Crippen LogP contribution in [0.25, 0.3) is 0 Å². The van der Waals surface area contributed by atoms with Crippen molar-refractivity contribution >= 4 is 0 Å². The minimum atomic E-state index is -0.117. The Kier molecular flexibility index (Phi) is 3.10. The maximum atomic E-state index is 9.63. The number of rotatable bonds is 1. The van der Waals surface area contributed by atoms with Gasteiger partial charge in [0.2, 0.25) is 0 Å². The van der Waals surface area contributed by atoms with Crippen LogP contribution in [0.4, 0.5) is 0 Å². The minimum Gasteiger partial charge on any atom is -0.396 e. The Morgan fingerprint density at radius 1 is 1.29 bits per heavy atom. The van der Waals surface area contributed by atoms with Crippen LogP contribution in [0.2, 0.25) is 0 Å². The molecule has 0 spiro atoms. The second kappa shape index (κ2) is 4.17. The van der Waals surface area contributed by atoms with Crippen LogP contribution in [0, 0.1) is 17.8 Å². The summed E-state index contributed by atoms with van der Waals surface area (Å²) >= 11 is 0. The van der Waals surface area contributed by atoms with Crippen LogP contribution in [-0.2, 0) is 0 Å². The Bertz CT molecular complexity index is 190. The topological polar surface area (TPSA) is 43.7 Å². The standard InChI is InChI=1S/C11H21NO2/c1-12-5-8-2-3-10(14)4-11(8)9(6-12)7-13/h8-11,13-14H,2-7H2,1H3/t8-,9-,10-,11-/m0/s1. The van der Waals surface area contributed by atoms with E-state index >= 15 is 0 Å². The van der Waals surface area contributed by atoms with E-state index in [9.17, 15) is 10.2 Å². The Hall–Kier alpha value is -0.120. The van der Waals surface area contributed by atoms with Gasteiger partial charge in [0.1, 0.15) is 0 Å². The summed E-state index contributed by atoms with van der Waals surface area (Å²) in [7, 11) is 2.13. The molecule has 2 N–H and O–H groups in total. The summed E-state index contributed by atoms with van der Waals surface area (Å²) < 4.78 is 0. The van der Waals surface area contributed by atoms with Crippen molar-refractivity contribution in [3.63, 3.8) is 0 Å². The zero-order valence-electron chi connectivity index (χ0n) is 8.89. The lowest BCUT2D eigenvalue weighted by Crippen LogP contribution is -2.48. The molecule has 1 saturated carbocycles. The zero-order chi connectivity index (χ0) is 10.1. The van der Waals surface area contributed by atoms with Gasteiger partial charge in [-0.2, -0.15) is 0 Å². The molecular weight excluding hydrogens is 178 g/mol. The highest BCUT2D eigenvalue weighted by Gasteiger charge is 2.38. The largest absolute Gasteiger partial charge is 0.396 e. The van der Waals surface area contributed by atoms with Gasteiger partial charge in [-0.25, -0.2) is 0 Å². The molecule has 3 nitrogen and oxygen atoms in total. The lowest BCUT2D eigenvalue weighted by atomic mass is 9.69. The van der Waals surface area contributed by atoms with E-state index in [1.165, 1.54) is 0 Å². The van der Waals surface area contributed by atoms with Crippen molar-refractivity contribution < 1.29 is 10.2 Å².